The van der Waals surface area contributed by atoms with Crippen molar-refractivity contribution >= 4 is 5.91 Å². The fourth-order valence-corrected chi connectivity index (χ4v) is 2.72. The summed E-state index contributed by atoms with van der Waals surface area (Å²) in [5.74, 6) is 0.153. The molecule has 2 fully saturated rings. The lowest BCUT2D eigenvalue weighted by Crippen LogP contribution is -2.54. The molecule has 2 aliphatic rings. The van der Waals surface area contributed by atoms with Crippen molar-refractivity contribution in [2.45, 2.75) is 18.4 Å². The smallest absolute Gasteiger partial charge is 0.259 e. The lowest BCUT2D eigenvalue weighted by molar-refractivity contribution is 0.0783. The van der Waals surface area contributed by atoms with E-state index in [1.165, 1.54) is 6.20 Å². The molecule has 1 aromatic rings. The van der Waals surface area contributed by atoms with Gasteiger partial charge in [-0.3, -0.25) is 14.7 Å². The van der Waals surface area contributed by atoms with Crippen LogP contribution in [-0.4, -0.2) is 39.6 Å². The largest absolute Gasteiger partial charge is 0.336 e. The van der Waals surface area contributed by atoms with E-state index in [2.05, 4.69) is 10.2 Å². The molecule has 0 spiro atoms. The molecule has 3 rings (SSSR count). The number of nitrogens with two attached hydrogens (primary N) is 1. The van der Waals surface area contributed by atoms with Gasteiger partial charge in [0.25, 0.3) is 5.91 Å². The van der Waals surface area contributed by atoms with Crippen LogP contribution in [0.1, 0.15) is 23.2 Å². The third kappa shape index (κ3) is 1.48. The summed E-state index contributed by atoms with van der Waals surface area (Å²) in [6.07, 6.45) is 4.52. The van der Waals surface area contributed by atoms with Crippen LogP contribution in [0.5, 0.6) is 0 Å². The number of aromatic amines is 1. The van der Waals surface area contributed by atoms with Crippen LogP contribution in [0.2, 0.25) is 0 Å². The van der Waals surface area contributed by atoms with E-state index in [4.69, 9.17) is 5.73 Å². The lowest BCUT2D eigenvalue weighted by atomic mass is 9.70. The van der Waals surface area contributed by atoms with Gasteiger partial charge < -0.3 is 10.6 Å². The van der Waals surface area contributed by atoms with Gasteiger partial charge in [0, 0.05) is 24.8 Å². The Morgan fingerprint density at radius 2 is 2.47 bits per heavy atom. The number of carbonyl (C=O) groups excluding carboxylic acids is 1. The highest BCUT2D eigenvalue weighted by atomic mass is 16.2. The maximum Gasteiger partial charge on any atom is 0.259 e. The quantitative estimate of drug-likeness (QED) is 0.674. The first kappa shape index (κ1) is 10.5. The number of H-pyrrole nitrogens is 1. The monoisotopic (exact) mass is 234 g/mol. The van der Waals surface area contributed by atoms with Gasteiger partial charge in [-0.05, 0) is 18.8 Å². The molecule has 0 bridgehead atoms. The Hall–Kier alpha value is -1.69. The molecule has 2 heterocycles. The zero-order valence-electron chi connectivity index (χ0n) is 9.35. The zero-order valence-corrected chi connectivity index (χ0v) is 9.35. The Balaban J connectivity index is 1.85. The molecule has 1 aromatic heterocycles. The lowest BCUT2D eigenvalue weighted by Gasteiger charge is -2.39. The molecule has 0 radical (unpaired) electrons. The number of hydrogen-bond acceptors (Lipinski definition) is 4. The number of aromatic nitrogens is 2. The van der Waals surface area contributed by atoms with Crippen molar-refractivity contribution in [3.05, 3.63) is 28.2 Å². The van der Waals surface area contributed by atoms with Crippen LogP contribution < -0.4 is 11.2 Å². The molecule has 2 atom stereocenters. The van der Waals surface area contributed by atoms with E-state index < -0.39 is 0 Å². The predicted molar refractivity (Wildman–Crippen MR) is 60.4 cm³/mol. The van der Waals surface area contributed by atoms with E-state index in [0.29, 0.717) is 19.0 Å². The molecule has 0 aromatic carbocycles. The molecule has 6 heteroatoms. The molecule has 1 aliphatic heterocycles. The van der Waals surface area contributed by atoms with Crippen LogP contribution in [0.4, 0.5) is 0 Å². The third-order valence-corrected chi connectivity index (χ3v) is 3.95. The first-order valence-electron chi connectivity index (χ1n) is 5.71. The van der Waals surface area contributed by atoms with Crippen LogP contribution in [0.15, 0.2) is 17.2 Å². The summed E-state index contributed by atoms with van der Waals surface area (Å²) in [6.45, 7) is 1.22. The number of likely N-dealkylation sites (tertiary alicyclic amines) is 1. The van der Waals surface area contributed by atoms with Crippen LogP contribution in [0.25, 0.3) is 0 Å². The molecular weight excluding hydrogens is 220 g/mol. The number of nitrogens with one attached hydrogen (secondary N) is 1. The minimum absolute atomic E-state index is 0.143. The van der Waals surface area contributed by atoms with Gasteiger partial charge in [0.1, 0.15) is 5.56 Å². The molecule has 0 unspecified atom stereocenters. The van der Waals surface area contributed by atoms with Gasteiger partial charge in [0.2, 0.25) is 5.43 Å². The molecule has 17 heavy (non-hydrogen) atoms. The number of nitrogens with zero attached hydrogens (tertiary/aromatic N) is 2. The fraction of sp³-hybridized carbons (Fsp3) is 0.545. The minimum atomic E-state index is -0.348. The Morgan fingerprint density at radius 1 is 1.65 bits per heavy atom. The van der Waals surface area contributed by atoms with Gasteiger partial charge in [-0.15, -0.1) is 0 Å². The average molecular weight is 234 g/mol. The standard InChI is InChI=1S/C11H14N4O2/c12-11-2-1-7(11)5-15(6-11)10(17)8-3-13-14-4-9(8)16/h3-4,7H,1-2,5-6,12H2,(H,13,16)/t7-,11-/m0/s1. The van der Waals surface area contributed by atoms with Crippen molar-refractivity contribution in [3.8, 4) is 0 Å². The predicted octanol–water partition coefficient (Wildman–Crippen LogP) is -0.667. The van der Waals surface area contributed by atoms with Gasteiger partial charge in [-0.2, -0.15) is 5.10 Å². The first-order valence-corrected chi connectivity index (χ1v) is 5.71. The van der Waals surface area contributed by atoms with E-state index in [0.717, 1.165) is 19.0 Å². The van der Waals surface area contributed by atoms with E-state index in [-0.39, 0.29) is 22.4 Å². The van der Waals surface area contributed by atoms with Gasteiger partial charge >= 0.3 is 0 Å². The van der Waals surface area contributed by atoms with Crippen molar-refractivity contribution in [2.24, 2.45) is 11.7 Å². The van der Waals surface area contributed by atoms with E-state index in [1.807, 2.05) is 0 Å². The van der Waals surface area contributed by atoms with E-state index >= 15 is 0 Å². The molecular formula is C11H14N4O2. The molecule has 1 aliphatic carbocycles. The summed E-state index contributed by atoms with van der Waals surface area (Å²) >= 11 is 0. The van der Waals surface area contributed by atoms with Crippen molar-refractivity contribution < 1.29 is 4.79 Å². The number of carbonyl (C=O) groups is 1. The topological polar surface area (TPSA) is 92.1 Å². The zero-order chi connectivity index (χ0) is 12.0. The first-order chi connectivity index (χ1) is 8.10. The van der Waals surface area contributed by atoms with Gasteiger partial charge in [0.05, 0.1) is 6.20 Å². The summed E-state index contributed by atoms with van der Waals surface area (Å²) in [5.41, 5.74) is 5.74. The van der Waals surface area contributed by atoms with Gasteiger partial charge in [-0.25, -0.2) is 0 Å². The second-order valence-electron chi connectivity index (χ2n) is 4.96. The third-order valence-electron chi connectivity index (χ3n) is 3.95. The molecule has 1 saturated heterocycles. The summed E-state index contributed by atoms with van der Waals surface area (Å²) in [4.78, 5) is 25.3. The van der Waals surface area contributed by atoms with Crippen LogP contribution in [-0.2, 0) is 0 Å². The summed E-state index contributed by atoms with van der Waals surface area (Å²) in [5, 5.41) is 6.10. The summed E-state index contributed by atoms with van der Waals surface area (Å²) in [6, 6.07) is 0. The highest BCUT2D eigenvalue weighted by molar-refractivity contribution is 5.94. The molecule has 90 valence electrons. The Labute approximate surface area is 97.8 Å². The van der Waals surface area contributed by atoms with E-state index in [1.54, 1.807) is 4.90 Å². The Morgan fingerprint density at radius 3 is 3.00 bits per heavy atom. The normalized spacial score (nSPS) is 30.9. The highest BCUT2D eigenvalue weighted by Gasteiger charge is 2.51. The molecule has 3 N–H and O–H groups in total. The minimum Gasteiger partial charge on any atom is -0.336 e. The van der Waals surface area contributed by atoms with Crippen molar-refractivity contribution in [1.82, 2.24) is 15.1 Å². The number of rotatable bonds is 1. The molecule has 1 saturated carbocycles. The van der Waals surface area contributed by atoms with Crippen molar-refractivity contribution in [1.29, 1.82) is 0 Å². The average Bonchev–Trinajstić information content (AvgIpc) is 2.53. The Bertz CT molecular complexity index is 526. The Kier molecular flexibility index (Phi) is 2.09. The van der Waals surface area contributed by atoms with Crippen LogP contribution in [0.3, 0.4) is 0 Å². The second-order valence-corrected chi connectivity index (χ2v) is 4.96. The molecule has 6 nitrogen and oxygen atoms in total. The van der Waals surface area contributed by atoms with E-state index in [9.17, 15) is 9.59 Å². The van der Waals surface area contributed by atoms with Gasteiger partial charge in [-0.1, -0.05) is 0 Å². The number of amides is 1. The summed E-state index contributed by atoms with van der Waals surface area (Å²) in [7, 11) is 0. The number of fused-ring (bicyclic) bond motifs is 1. The van der Waals surface area contributed by atoms with Gasteiger partial charge in [0.15, 0.2) is 0 Å². The van der Waals surface area contributed by atoms with Crippen LogP contribution >= 0.6 is 0 Å². The summed E-state index contributed by atoms with van der Waals surface area (Å²) < 4.78 is 0. The van der Waals surface area contributed by atoms with Crippen molar-refractivity contribution in [2.75, 3.05) is 13.1 Å². The maximum atomic E-state index is 12.2. The SMILES string of the molecule is N[C@]12CC[C@H]1CN(C(=O)c1c[nH]ncc1=O)C2. The fourth-order valence-electron chi connectivity index (χ4n) is 2.72. The molecule has 1 amide bonds. The maximum absolute atomic E-state index is 12.2. The van der Waals surface area contributed by atoms with Crippen LogP contribution in [0, 0.1) is 5.92 Å². The second kappa shape index (κ2) is 3.40. The van der Waals surface area contributed by atoms with Crippen molar-refractivity contribution in [3.63, 3.8) is 0 Å². The number of hydrogen-bond donors (Lipinski definition) is 2. The highest BCUT2D eigenvalue weighted by Crippen LogP contribution is 2.42.